The Balaban J connectivity index is 2.09. The third-order valence-corrected chi connectivity index (χ3v) is 2.30. The van der Waals surface area contributed by atoms with Gasteiger partial charge < -0.3 is 10.6 Å². The molecule has 0 aromatic heterocycles. The molecule has 2 rings (SSSR count). The highest BCUT2D eigenvalue weighted by atomic mass is 16.2. The lowest BCUT2D eigenvalue weighted by molar-refractivity contribution is -0.121. The largest absolute Gasteiger partial charge is 0.352 e. The maximum Gasteiger partial charge on any atom is 0.260 e. The lowest BCUT2D eigenvalue weighted by Crippen LogP contribution is -2.34. The number of carbonyl (C=O) groups excluding carboxylic acids is 2. The molecule has 2 N–H and O–H groups in total. The third-order valence-electron chi connectivity index (χ3n) is 2.30. The summed E-state index contributed by atoms with van der Waals surface area (Å²) in [5.41, 5.74) is 0.877. The van der Waals surface area contributed by atoms with E-state index in [9.17, 15) is 9.59 Å². The molecule has 82 valence electrons. The first kappa shape index (κ1) is 10.4. The molecule has 1 aromatic carbocycles. The average molecular weight is 216 g/mol. The molecule has 4 heteroatoms. The van der Waals surface area contributed by atoms with E-state index in [1.165, 1.54) is 0 Å². The van der Waals surface area contributed by atoms with E-state index >= 15 is 0 Å². The van der Waals surface area contributed by atoms with Crippen molar-refractivity contribution in [1.29, 1.82) is 0 Å². The van der Waals surface area contributed by atoms with Crippen molar-refractivity contribution in [2.24, 2.45) is 0 Å². The van der Waals surface area contributed by atoms with Gasteiger partial charge in [-0.2, -0.15) is 0 Å². The van der Waals surface area contributed by atoms with Crippen LogP contribution in [0.15, 0.2) is 42.0 Å². The van der Waals surface area contributed by atoms with Gasteiger partial charge in [-0.3, -0.25) is 9.59 Å². The van der Waals surface area contributed by atoms with Crippen LogP contribution in [0, 0.1) is 0 Å². The number of hydrogen-bond donors (Lipinski definition) is 2. The molecule has 1 aliphatic rings. The number of rotatable bonds is 2. The van der Waals surface area contributed by atoms with E-state index in [4.69, 9.17) is 0 Å². The normalized spacial score (nSPS) is 15.0. The zero-order valence-corrected chi connectivity index (χ0v) is 8.69. The molecule has 0 saturated heterocycles. The molecule has 2 amide bonds. The van der Waals surface area contributed by atoms with E-state index in [0.29, 0.717) is 18.7 Å². The molecule has 0 radical (unpaired) electrons. The van der Waals surface area contributed by atoms with Crippen LogP contribution in [-0.2, 0) is 9.59 Å². The van der Waals surface area contributed by atoms with Crippen molar-refractivity contribution in [2.45, 2.75) is 6.42 Å². The zero-order chi connectivity index (χ0) is 11.4. The van der Waals surface area contributed by atoms with Gasteiger partial charge >= 0.3 is 0 Å². The Morgan fingerprint density at radius 3 is 2.69 bits per heavy atom. The highest BCUT2D eigenvalue weighted by Crippen LogP contribution is 2.09. The molecular weight excluding hydrogens is 204 g/mol. The number of hydrogen-bond acceptors (Lipinski definition) is 2. The molecule has 4 nitrogen and oxygen atoms in total. The van der Waals surface area contributed by atoms with Crippen molar-refractivity contribution in [3.05, 3.63) is 42.0 Å². The van der Waals surface area contributed by atoms with E-state index < -0.39 is 0 Å². The summed E-state index contributed by atoms with van der Waals surface area (Å²) in [5.74, 6) is -0.664. The van der Waals surface area contributed by atoms with Gasteiger partial charge in [-0.15, -0.1) is 0 Å². The van der Waals surface area contributed by atoms with Crippen LogP contribution in [0.2, 0.25) is 0 Å². The first-order valence-electron chi connectivity index (χ1n) is 5.12. The minimum Gasteiger partial charge on any atom is -0.352 e. The molecule has 1 heterocycles. The van der Waals surface area contributed by atoms with Gasteiger partial charge in [-0.25, -0.2) is 0 Å². The minimum absolute atomic E-state index is 0.190. The molecule has 0 spiro atoms. The minimum atomic E-state index is -0.358. The first-order chi connectivity index (χ1) is 7.77. The molecule has 0 saturated carbocycles. The van der Waals surface area contributed by atoms with Crippen LogP contribution < -0.4 is 10.6 Å². The molecule has 16 heavy (non-hydrogen) atoms. The fraction of sp³-hybridized carbons (Fsp3) is 0.167. The summed E-state index contributed by atoms with van der Waals surface area (Å²) in [5, 5.41) is 5.30. The molecule has 1 aliphatic heterocycles. The van der Waals surface area contributed by atoms with Crippen LogP contribution in [0.25, 0.3) is 0 Å². The van der Waals surface area contributed by atoms with E-state index in [0.717, 1.165) is 0 Å². The monoisotopic (exact) mass is 216 g/mol. The lowest BCUT2D eigenvalue weighted by atomic mass is 10.1. The van der Waals surface area contributed by atoms with E-state index in [-0.39, 0.29) is 17.4 Å². The van der Waals surface area contributed by atoms with Crippen molar-refractivity contribution in [3.8, 4) is 0 Å². The summed E-state index contributed by atoms with van der Waals surface area (Å²) in [6, 6.07) is 9.07. The van der Waals surface area contributed by atoms with Crippen molar-refractivity contribution < 1.29 is 9.59 Å². The van der Waals surface area contributed by atoms with Crippen LogP contribution in [0.4, 0.5) is 5.69 Å². The molecule has 0 aliphatic carbocycles. The van der Waals surface area contributed by atoms with Gasteiger partial charge in [0.15, 0.2) is 0 Å². The molecule has 0 bridgehead atoms. The van der Waals surface area contributed by atoms with E-state index in [1.807, 2.05) is 18.2 Å². The van der Waals surface area contributed by atoms with Crippen LogP contribution >= 0.6 is 0 Å². The molecule has 1 aromatic rings. The topological polar surface area (TPSA) is 58.2 Å². The summed E-state index contributed by atoms with van der Waals surface area (Å²) in [4.78, 5) is 23.1. The number of amides is 2. The summed E-state index contributed by atoms with van der Waals surface area (Å²) >= 11 is 0. The lowest BCUT2D eigenvalue weighted by Gasteiger charge is -2.13. The maximum atomic E-state index is 11.7. The summed E-state index contributed by atoms with van der Waals surface area (Å²) in [7, 11) is 0. The maximum absolute atomic E-state index is 11.7. The average Bonchev–Trinajstić information content (AvgIpc) is 2.31. The Morgan fingerprint density at radius 2 is 2.00 bits per heavy atom. The Morgan fingerprint density at radius 1 is 1.25 bits per heavy atom. The van der Waals surface area contributed by atoms with Gasteiger partial charge in [-0.05, 0) is 18.6 Å². The summed E-state index contributed by atoms with van der Waals surface area (Å²) in [6.07, 6.45) is 2.36. The third kappa shape index (κ3) is 2.28. The van der Waals surface area contributed by atoms with Gasteiger partial charge in [0.2, 0.25) is 0 Å². The van der Waals surface area contributed by atoms with Gasteiger partial charge in [0.05, 0.1) is 0 Å². The standard InChI is InChI=1S/C12H12N2O2/c15-11-10(7-4-8-13-11)12(16)14-9-5-2-1-3-6-9/h1-3,5-7H,4,8H2,(H,13,15)(H,14,16). The van der Waals surface area contributed by atoms with Crippen molar-refractivity contribution in [1.82, 2.24) is 5.32 Å². The molecular formula is C12H12N2O2. The SMILES string of the molecule is O=C1NCCC=C1C(=O)Nc1ccccc1. The highest BCUT2D eigenvalue weighted by molar-refractivity contribution is 6.23. The van der Waals surface area contributed by atoms with Gasteiger partial charge in [-0.1, -0.05) is 24.3 Å². The van der Waals surface area contributed by atoms with Gasteiger partial charge in [0.1, 0.15) is 5.57 Å². The van der Waals surface area contributed by atoms with Crippen molar-refractivity contribution in [3.63, 3.8) is 0 Å². The van der Waals surface area contributed by atoms with Crippen molar-refractivity contribution in [2.75, 3.05) is 11.9 Å². The highest BCUT2D eigenvalue weighted by Gasteiger charge is 2.20. The van der Waals surface area contributed by atoms with Crippen LogP contribution in [-0.4, -0.2) is 18.4 Å². The fourth-order valence-corrected chi connectivity index (χ4v) is 1.51. The second kappa shape index (κ2) is 4.61. The molecule has 0 atom stereocenters. The number of carbonyl (C=O) groups is 2. The van der Waals surface area contributed by atoms with Crippen LogP contribution in [0.5, 0.6) is 0 Å². The second-order valence-corrected chi connectivity index (χ2v) is 3.48. The predicted octanol–water partition coefficient (Wildman–Crippen LogP) is 1.07. The fourth-order valence-electron chi connectivity index (χ4n) is 1.51. The Hall–Kier alpha value is -2.10. The van der Waals surface area contributed by atoms with Crippen LogP contribution in [0.1, 0.15) is 6.42 Å². The quantitative estimate of drug-likeness (QED) is 0.726. The Labute approximate surface area is 93.3 Å². The Bertz CT molecular complexity index is 438. The zero-order valence-electron chi connectivity index (χ0n) is 8.69. The number of anilines is 1. The van der Waals surface area contributed by atoms with Gasteiger partial charge in [0.25, 0.3) is 11.8 Å². The van der Waals surface area contributed by atoms with E-state index in [2.05, 4.69) is 10.6 Å². The number of benzene rings is 1. The van der Waals surface area contributed by atoms with Gasteiger partial charge in [0, 0.05) is 12.2 Å². The van der Waals surface area contributed by atoms with E-state index in [1.54, 1.807) is 18.2 Å². The summed E-state index contributed by atoms with van der Waals surface area (Å²) < 4.78 is 0. The second-order valence-electron chi connectivity index (χ2n) is 3.48. The van der Waals surface area contributed by atoms with Crippen molar-refractivity contribution >= 4 is 17.5 Å². The predicted molar refractivity (Wildman–Crippen MR) is 60.8 cm³/mol. The first-order valence-corrected chi connectivity index (χ1v) is 5.12. The van der Waals surface area contributed by atoms with Crippen LogP contribution in [0.3, 0.4) is 0 Å². The number of nitrogens with one attached hydrogen (secondary N) is 2. The summed E-state index contributed by atoms with van der Waals surface area (Å²) in [6.45, 7) is 0.598. The molecule has 0 unspecified atom stereocenters. The Kier molecular flexibility index (Phi) is 3.00. The molecule has 0 fully saturated rings. The number of para-hydroxylation sites is 1. The smallest absolute Gasteiger partial charge is 0.260 e.